The number of carbonyl (C=O) groups is 5. The highest BCUT2D eigenvalue weighted by Gasteiger charge is 2.45. The fraction of sp³-hybridized carbons (Fsp3) is 0.658. The molecule has 1 aromatic rings. The van der Waals surface area contributed by atoms with Crippen molar-refractivity contribution in [2.75, 3.05) is 26.4 Å². The van der Waals surface area contributed by atoms with Gasteiger partial charge in [0.05, 0.1) is 12.0 Å². The van der Waals surface area contributed by atoms with Gasteiger partial charge in [-0.15, -0.1) is 0 Å². The number of likely N-dealkylation sites (tertiary alicyclic amines) is 1. The van der Waals surface area contributed by atoms with Crippen molar-refractivity contribution < 1.29 is 33.8 Å². The number of piperidine rings is 1. The summed E-state index contributed by atoms with van der Waals surface area (Å²) in [5, 5.41) is 20.5. The molecule has 0 spiro atoms. The van der Waals surface area contributed by atoms with Crippen LogP contribution in [0.4, 0.5) is 10.5 Å². The molecule has 0 bridgehead atoms. The first kappa shape index (κ1) is 43.4. The number of likely N-dealkylation sites (N-methyl/N-ethyl adjacent to an activating group) is 2. The Hall–Kier alpha value is -3.98. The van der Waals surface area contributed by atoms with E-state index >= 15 is 0 Å². The maximum Gasteiger partial charge on any atom is 0.404 e. The summed E-state index contributed by atoms with van der Waals surface area (Å²) in [5.41, 5.74) is 13.1. The van der Waals surface area contributed by atoms with E-state index in [9.17, 15) is 29.1 Å². The van der Waals surface area contributed by atoms with Gasteiger partial charge in [-0.25, -0.2) is 4.79 Å². The van der Waals surface area contributed by atoms with Gasteiger partial charge in [-0.3, -0.25) is 24.1 Å². The average Bonchev–Trinajstić information content (AvgIpc) is 3.51. The number of carboxylic acids is 1. The Morgan fingerprint density at radius 1 is 1.09 bits per heavy atom. The summed E-state index contributed by atoms with van der Waals surface area (Å²) in [4.78, 5) is 68.0. The number of amides is 4. The monoisotopic (exact) mass is 759 g/mol. The second-order valence-corrected chi connectivity index (χ2v) is 16.6. The number of hydrogen-bond donors (Lipinski definition) is 6. The molecule has 53 heavy (non-hydrogen) atoms. The maximum absolute atomic E-state index is 14.2. The molecule has 1 saturated heterocycles. The van der Waals surface area contributed by atoms with Gasteiger partial charge >= 0.3 is 12.1 Å². The van der Waals surface area contributed by atoms with Gasteiger partial charge in [0.25, 0.3) is 5.91 Å². The van der Waals surface area contributed by atoms with Gasteiger partial charge in [0.1, 0.15) is 22.7 Å². The van der Waals surface area contributed by atoms with E-state index in [4.69, 9.17) is 16.2 Å². The molecular formula is C38H61N7O7S. The predicted molar refractivity (Wildman–Crippen MR) is 207 cm³/mol. The van der Waals surface area contributed by atoms with E-state index in [1.54, 1.807) is 43.3 Å². The molecule has 0 saturated carbocycles. The number of ether oxygens (including phenoxy) is 1. The van der Waals surface area contributed by atoms with E-state index in [1.807, 2.05) is 51.8 Å². The SMILES string of the molecule is CC[C@H](C)[C@H](NC(=O)[C@H]1CCCCN1C)C(=O)N(C)[C@H](C[C@@H](OC(N)=O)C1(C)NC(C(=O)N[C@@H](Cc2ccc(N)cc2)C[C@H](C)C(=O)O)=CS1)C(C)C. The molecule has 0 radical (unpaired) electrons. The lowest BCUT2D eigenvalue weighted by Crippen LogP contribution is -2.59. The Bertz CT molecular complexity index is 1470. The molecule has 8 atom stereocenters. The predicted octanol–water partition coefficient (Wildman–Crippen LogP) is 3.65. The fourth-order valence-corrected chi connectivity index (χ4v) is 8.03. The van der Waals surface area contributed by atoms with Gasteiger partial charge in [-0.05, 0) is 75.7 Å². The molecule has 15 heteroatoms. The van der Waals surface area contributed by atoms with Crippen molar-refractivity contribution in [1.29, 1.82) is 0 Å². The number of anilines is 1. The molecule has 8 N–H and O–H groups in total. The minimum Gasteiger partial charge on any atom is -0.481 e. The summed E-state index contributed by atoms with van der Waals surface area (Å²) < 4.78 is 5.71. The van der Waals surface area contributed by atoms with E-state index in [1.165, 1.54) is 11.8 Å². The van der Waals surface area contributed by atoms with Crippen molar-refractivity contribution in [3.8, 4) is 0 Å². The third kappa shape index (κ3) is 12.0. The number of nitrogen functional groups attached to an aromatic ring is 1. The van der Waals surface area contributed by atoms with Crippen LogP contribution in [0, 0.1) is 17.8 Å². The maximum atomic E-state index is 14.2. The standard InChI is InChI=1S/C38H61N7O7S/c1-9-23(4)32(42-34(47)29-12-10-11-17-44(29)7)35(48)45(8)30(22(2)3)20-31(52-37(40)51)38(6)43-28(21-53-38)33(46)41-27(18-24(5)36(49)50)19-25-13-15-26(39)16-14-25/h13-16,21-24,27,29-32,43H,9-12,17-20,39H2,1-8H3,(H2,40,51)(H,41,46)(H,42,47)(H,49,50)/t23-,24-,27+,29+,30+,31+,32-,38?/m0/s1. The Balaban J connectivity index is 1.79. The number of hydrogen-bond acceptors (Lipinski definition) is 10. The number of benzene rings is 1. The van der Waals surface area contributed by atoms with Crippen LogP contribution in [0.15, 0.2) is 35.4 Å². The molecule has 14 nitrogen and oxygen atoms in total. The highest BCUT2D eigenvalue weighted by molar-refractivity contribution is 8.03. The highest BCUT2D eigenvalue weighted by Crippen LogP contribution is 2.39. The molecule has 0 aromatic heterocycles. The number of thioether (sulfide) groups is 1. The first-order valence-corrected chi connectivity index (χ1v) is 19.5. The second-order valence-electron chi connectivity index (χ2n) is 15.3. The number of carboxylic acid groups (broad SMARTS) is 1. The Labute approximate surface area is 318 Å². The van der Waals surface area contributed by atoms with Crippen molar-refractivity contribution in [3.05, 3.63) is 40.9 Å². The van der Waals surface area contributed by atoms with E-state index < -0.39 is 53.0 Å². The molecule has 2 heterocycles. The highest BCUT2D eigenvalue weighted by atomic mass is 32.2. The Kier molecular flexibility index (Phi) is 15.9. The number of carbonyl (C=O) groups excluding carboxylic acids is 4. The summed E-state index contributed by atoms with van der Waals surface area (Å²) in [6, 6.07) is 5.21. The van der Waals surface area contributed by atoms with Crippen LogP contribution in [0.5, 0.6) is 0 Å². The smallest absolute Gasteiger partial charge is 0.404 e. The van der Waals surface area contributed by atoms with Gasteiger partial charge in [0.15, 0.2) is 0 Å². The number of primary amides is 1. The molecule has 4 amide bonds. The number of aliphatic carboxylic acids is 1. The van der Waals surface area contributed by atoms with Gasteiger partial charge in [-0.2, -0.15) is 0 Å². The number of nitrogens with zero attached hydrogens (tertiary/aromatic N) is 2. The summed E-state index contributed by atoms with van der Waals surface area (Å²) >= 11 is 1.26. The molecule has 1 fully saturated rings. The van der Waals surface area contributed by atoms with E-state index in [2.05, 4.69) is 16.0 Å². The lowest BCUT2D eigenvalue weighted by atomic mass is 9.91. The van der Waals surface area contributed by atoms with Crippen molar-refractivity contribution in [2.24, 2.45) is 23.5 Å². The van der Waals surface area contributed by atoms with E-state index in [0.29, 0.717) is 18.5 Å². The molecule has 3 rings (SSSR count). The lowest BCUT2D eigenvalue weighted by Gasteiger charge is -2.41. The quantitative estimate of drug-likeness (QED) is 0.119. The second kappa shape index (κ2) is 19.4. The summed E-state index contributed by atoms with van der Waals surface area (Å²) in [6.07, 6.45) is 2.29. The summed E-state index contributed by atoms with van der Waals surface area (Å²) in [6.45, 7) is 12.1. The van der Waals surface area contributed by atoms with Gasteiger partial charge in [0.2, 0.25) is 11.8 Å². The Morgan fingerprint density at radius 2 is 1.75 bits per heavy atom. The van der Waals surface area contributed by atoms with E-state index in [-0.39, 0.29) is 48.2 Å². The molecular weight excluding hydrogens is 699 g/mol. The summed E-state index contributed by atoms with van der Waals surface area (Å²) in [5.74, 6) is -2.72. The number of rotatable bonds is 18. The van der Waals surface area contributed by atoms with Gasteiger partial charge in [-0.1, -0.05) is 71.4 Å². The minimum absolute atomic E-state index is 0.0864. The summed E-state index contributed by atoms with van der Waals surface area (Å²) in [7, 11) is 3.64. The number of nitrogens with two attached hydrogens (primary N) is 2. The van der Waals surface area contributed by atoms with Gasteiger partial charge < -0.3 is 42.2 Å². The molecule has 1 unspecified atom stereocenters. The van der Waals surface area contributed by atoms with E-state index in [0.717, 1.165) is 31.4 Å². The molecule has 296 valence electrons. The van der Waals surface area contributed by atoms with Crippen molar-refractivity contribution in [3.63, 3.8) is 0 Å². The molecule has 0 aliphatic carbocycles. The third-order valence-corrected chi connectivity index (χ3v) is 11.9. The Morgan fingerprint density at radius 3 is 2.32 bits per heavy atom. The third-order valence-electron chi connectivity index (χ3n) is 10.7. The zero-order valence-corrected chi connectivity index (χ0v) is 33.3. The van der Waals surface area contributed by atoms with Crippen molar-refractivity contribution >= 4 is 47.2 Å². The van der Waals surface area contributed by atoms with Crippen LogP contribution in [0.2, 0.25) is 0 Å². The normalized spacial score (nSPS) is 22.3. The average molecular weight is 760 g/mol. The molecule has 2 aliphatic heterocycles. The van der Waals surface area contributed by atoms with Gasteiger partial charge in [0, 0.05) is 36.6 Å². The van der Waals surface area contributed by atoms with Crippen LogP contribution in [-0.4, -0.2) is 100 Å². The largest absolute Gasteiger partial charge is 0.481 e. The van der Waals surface area contributed by atoms with Crippen molar-refractivity contribution in [1.82, 2.24) is 25.8 Å². The fourth-order valence-electron chi connectivity index (χ4n) is 7.04. The van der Waals surface area contributed by atoms with Crippen molar-refractivity contribution in [2.45, 2.75) is 122 Å². The molecule has 1 aromatic carbocycles. The topological polar surface area (TPSA) is 209 Å². The van der Waals surface area contributed by atoms with Crippen LogP contribution in [0.3, 0.4) is 0 Å². The zero-order valence-electron chi connectivity index (χ0n) is 32.5. The van der Waals surface area contributed by atoms with Crippen LogP contribution in [0.25, 0.3) is 0 Å². The lowest BCUT2D eigenvalue weighted by molar-refractivity contribution is -0.142. The minimum atomic E-state index is -1.05. The zero-order chi connectivity index (χ0) is 39.6. The molecule has 2 aliphatic rings. The number of nitrogens with one attached hydrogen (secondary N) is 3. The van der Waals surface area contributed by atoms with Crippen LogP contribution < -0.4 is 27.4 Å². The van der Waals surface area contributed by atoms with Crippen LogP contribution in [0.1, 0.15) is 85.6 Å². The van der Waals surface area contributed by atoms with Crippen LogP contribution >= 0.6 is 11.8 Å². The first-order valence-electron chi connectivity index (χ1n) is 18.6. The van der Waals surface area contributed by atoms with Crippen LogP contribution in [-0.2, 0) is 30.3 Å². The first-order chi connectivity index (χ1) is 24.9.